The summed E-state index contributed by atoms with van der Waals surface area (Å²) in [5.41, 5.74) is -0.257. The first-order valence-electron chi connectivity index (χ1n) is 25.7. The van der Waals surface area contributed by atoms with Gasteiger partial charge in [-0.3, -0.25) is 19.1 Å². The van der Waals surface area contributed by atoms with Crippen molar-refractivity contribution in [2.24, 2.45) is 0 Å². The molecule has 412 valence electrons. The number of aryl methyl sites for hydroxylation is 1. The minimum Gasteiger partial charge on any atom is -0.467 e. The Morgan fingerprint density at radius 2 is 1.28 bits per heavy atom. The van der Waals surface area contributed by atoms with Crippen molar-refractivity contribution in [1.29, 1.82) is 0 Å². The molecule has 0 fully saturated rings. The van der Waals surface area contributed by atoms with Crippen molar-refractivity contribution < 1.29 is 57.2 Å². The van der Waals surface area contributed by atoms with Gasteiger partial charge in [-0.25, -0.2) is 19.2 Å². The number of unbranched alkanes of at least 4 members (excludes halogenated alkanes) is 5. The first kappa shape index (κ1) is 63.7. The van der Waals surface area contributed by atoms with Crippen molar-refractivity contribution in [3.05, 3.63) is 84.2 Å². The predicted octanol–water partition coefficient (Wildman–Crippen LogP) is 7.61. The van der Waals surface area contributed by atoms with Crippen LogP contribution in [0.3, 0.4) is 0 Å². The molecule has 4 amide bonds. The fourth-order valence-electron chi connectivity index (χ4n) is 7.16. The Hall–Kier alpha value is -6.37. The van der Waals surface area contributed by atoms with Gasteiger partial charge < -0.3 is 45.0 Å². The molecule has 19 heteroatoms. The summed E-state index contributed by atoms with van der Waals surface area (Å²) in [5, 5.41) is 19.3. The minimum absolute atomic E-state index is 0.0793. The SMILES string of the molecule is C=C(/C=C\C=C/C)C[C@H](NC(=O)CCCCCCCOCc1cn(CCCC[C@H](NC(=O)N[C@@H](CCC(=O)OC(C)(C)C)C(=O)OC(C)(C)C)C(=O)OC(C)(C)C)nn1)C(=O)NC(Cc1ccccc1)C(=O)OC. The van der Waals surface area contributed by atoms with Gasteiger partial charge in [0, 0.05) is 38.8 Å². The second-order valence-electron chi connectivity index (χ2n) is 21.1. The standard InChI is InChI=1S/C55H85N7O12/c1-13-14-19-26-39(2)35-44(48(65)57-45(49(66)70-12)36-40-27-20-18-21-28-40)56-46(63)30-22-16-15-17-25-34-71-38-41-37-62(61-60-41)33-24-23-29-42(50(67)73-54(6,7)8)58-52(69)59-43(51(68)74-55(9,10)11)31-32-47(64)72-53(3,4)5/h13-14,18-21,26-28,37,42-45H,2,15-17,22-25,29-36,38H2,1,3-12H3,(H,56,63)(H,57,65)(H2,58,59,69)/b14-13-,26-19-/t42-,43-,44-,45?/m0/s1. The first-order valence-corrected chi connectivity index (χ1v) is 25.7. The van der Waals surface area contributed by atoms with Crippen LogP contribution in [0.4, 0.5) is 4.79 Å². The van der Waals surface area contributed by atoms with Gasteiger partial charge in [0.25, 0.3) is 0 Å². The zero-order valence-electron chi connectivity index (χ0n) is 45.8. The van der Waals surface area contributed by atoms with Crippen LogP contribution in [0, 0.1) is 0 Å². The number of carbonyl (C=O) groups excluding carboxylic acids is 7. The van der Waals surface area contributed by atoms with Crippen LogP contribution < -0.4 is 21.3 Å². The van der Waals surface area contributed by atoms with E-state index in [1.54, 1.807) is 85.3 Å². The maximum Gasteiger partial charge on any atom is 0.329 e. The van der Waals surface area contributed by atoms with Gasteiger partial charge in [0.1, 0.15) is 46.7 Å². The smallest absolute Gasteiger partial charge is 0.329 e. The zero-order valence-corrected chi connectivity index (χ0v) is 45.8. The third kappa shape index (κ3) is 29.4. The highest BCUT2D eigenvalue weighted by Gasteiger charge is 2.32. The molecule has 0 saturated heterocycles. The number of aromatic nitrogens is 3. The van der Waals surface area contributed by atoms with Crippen LogP contribution >= 0.6 is 0 Å². The number of methoxy groups -OCH3 is 1. The van der Waals surface area contributed by atoms with Crippen LogP contribution in [0.1, 0.15) is 158 Å². The number of esters is 4. The Bertz CT molecular complexity index is 2150. The van der Waals surface area contributed by atoms with Crippen molar-refractivity contribution in [2.45, 2.75) is 207 Å². The van der Waals surface area contributed by atoms with Crippen LogP contribution in [0.5, 0.6) is 0 Å². The highest BCUT2D eigenvalue weighted by atomic mass is 16.6. The first-order chi connectivity index (χ1) is 34.8. The van der Waals surface area contributed by atoms with Crippen molar-refractivity contribution in [1.82, 2.24) is 36.3 Å². The van der Waals surface area contributed by atoms with E-state index in [0.29, 0.717) is 43.7 Å². The number of allylic oxidation sites excluding steroid dienone is 4. The number of amides is 4. The normalized spacial score (nSPS) is 13.6. The van der Waals surface area contributed by atoms with E-state index in [9.17, 15) is 33.6 Å². The quantitative estimate of drug-likeness (QED) is 0.0239. The van der Waals surface area contributed by atoms with E-state index in [1.165, 1.54) is 7.11 Å². The number of nitrogens with zero attached hydrogens (tertiary/aromatic N) is 3. The van der Waals surface area contributed by atoms with E-state index in [1.807, 2.05) is 49.4 Å². The van der Waals surface area contributed by atoms with Crippen LogP contribution in [0.25, 0.3) is 0 Å². The van der Waals surface area contributed by atoms with Gasteiger partial charge in [0.15, 0.2) is 0 Å². The predicted molar refractivity (Wildman–Crippen MR) is 281 cm³/mol. The molecule has 1 heterocycles. The van der Waals surface area contributed by atoms with Crippen LogP contribution in [0.2, 0.25) is 0 Å². The lowest BCUT2D eigenvalue weighted by Gasteiger charge is -2.27. The second kappa shape index (κ2) is 32.7. The largest absolute Gasteiger partial charge is 0.467 e. The summed E-state index contributed by atoms with van der Waals surface area (Å²) in [5.74, 6) is -3.26. The Labute approximate surface area is 438 Å². The fourth-order valence-corrected chi connectivity index (χ4v) is 7.16. The molecule has 0 bridgehead atoms. The van der Waals surface area contributed by atoms with E-state index >= 15 is 0 Å². The van der Waals surface area contributed by atoms with Crippen LogP contribution in [-0.4, -0.2) is 111 Å². The molecule has 0 aliphatic rings. The summed E-state index contributed by atoms with van der Waals surface area (Å²) in [6.07, 6.45) is 14.8. The molecule has 19 nitrogen and oxygen atoms in total. The maximum atomic E-state index is 13.5. The molecule has 4 N–H and O–H groups in total. The number of nitrogens with one attached hydrogen (secondary N) is 4. The van der Waals surface area contributed by atoms with E-state index in [-0.39, 0.29) is 51.0 Å². The summed E-state index contributed by atoms with van der Waals surface area (Å²) < 4.78 is 29.0. The molecule has 0 radical (unpaired) electrons. The lowest BCUT2D eigenvalue weighted by atomic mass is 10.0. The highest BCUT2D eigenvalue weighted by Crippen LogP contribution is 2.17. The van der Waals surface area contributed by atoms with Gasteiger partial charge in [0.2, 0.25) is 11.8 Å². The number of benzene rings is 1. The Kier molecular flexibility index (Phi) is 28.2. The number of rotatable bonds is 32. The van der Waals surface area contributed by atoms with Gasteiger partial charge in [-0.2, -0.15) is 0 Å². The minimum atomic E-state index is -1.19. The van der Waals surface area contributed by atoms with Crippen molar-refractivity contribution in [3.63, 3.8) is 0 Å². The Balaban J connectivity index is 1.82. The number of hydrogen-bond acceptors (Lipinski definition) is 14. The summed E-state index contributed by atoms with van der Waals surface area (Å²) in [7, 11) is 1.27. The number of carbonyl (C=O) groups is 7. The molecule has 0 saturated carbocycles. The lowest BCUT2D eigenvalue weighted by molar-refractivity contribution is -0.159. The summed E-state index contributed by atoms with van der Waals surface area (Å²) >= 11 is 0. The number of hydrogen-bond donors (Lipinski definition) is 4. The van der Waals surface area contributed by atoms with Gasteiger partial charge in [-0.1, -0.05) is 91.3 Å². The zero-order chi connectivity index (χ0) is 55.3. The van der Waals surface area contributed by atoms with E-state index < -0.39 is 76.8 Å². The molecule has 74 heavy (non-hydrogen) atoms. The van der Waals surface area contributed by atoms with Gasteiger partial charge in [0.05, 0.1) is 19.9 Å². The van der Waals surface area contributed by atoms with E-state index in [4.69, 9.17) is 23.7 Å². The third-order valence-corrected chi connectivity index (χ3v) is 10.5. The van der Waals surface area contributed by atoms with Crippen molar-refractivity contribution >= 4 is 41.7 Å². The van der Waals surface area contributed by atoms with Crippen LogP contribution in [-0.2, 0) is 72.0 Å². The topological polar surface area (TPSA) is 244 Å². The number of ether oxygens (including phenoxy) is 5. The average Bonchev–Trinajstić information content (AvgIpc) is 3.76. The molecule has 4 atom stereocenters. The summed E-state index contributed by atoms with van der Waals surface area (Å²) in [6, 6.07) is 4.38. The van der Waals surface area contributed by atoms with E-state index in [2.05, 4.69) is 38.2 Å². The van der Waals surface area contributed by atoms with E-state index in [0.717, 1.165) is 31.2 Å². The summed E-state index contributed by atoms with van der Waals surface area (Å²) in [6.45, 7) is 22.7. The van der Waals surface area contributed by atoms with Gasteiger partial charge >= 0.3 is 29.9 Å². The highest BCUT2D eigenvalue weighted by molar-refractivity contribution is 5.91. The van der Waals surface area contributed by atoms with Crippen molar-refractivity contribution in [3.8, 4) is 0 Å². The molecule has 1 unspecified atom stereocenters. The molecular weight excluding hydrogens is 951 g/mol. The molecular formula is C55H85N7O12. The van der Waals surface area contributed by atoms with Gasteiger partial charge in [-0.05, 0) is 113 Å². The number of urea groups is 1. The molecule has 0 aliphatic heterocycles. The maximum absolute atomic E-state index is 13.5. The molecule has 2 aromatic rings. The molecule has 1 aromatic carbocycles. The molecule has 1 aromatic heterocycles. The molecule has 0 spiro atoms. The van der Waals surface area contributed by atoms with Crippen LogP contribution in [0.15, 0.2) is 73.0 Å². The third-order valence-electron chi connectivity index (χ3n) is 10.5. The average molecular weight is 1040 g/mol. The monoisotopic (exact) mass is 1040 g/mol. The summed E-state index contributed by atoms with van der Waals surface area (Å²) in [4.78, 5) is 91.3. The van der Waals surface area contributed by atoms with Crippen molar-refractivity contribution in [2.75, 3.05) is 13.7 Å². The second-order valence-corrected chi connectivity index (χ2v) is 21.1. The fraction of sp³-hybridized carbons (Fsp3) is 0.618. The molecule has 2 rings (SSSR count). The Morgan fingerprint density at radius 1 is 0.676 bits per heavy atom. The molecule has 0 aliphatic carbocycles. The lowest BCUT2D eigenvalue weighted by Crippen LogP contribution is -2.53. The Morgan fingerprint density at radius 3 is 1.89 bits per heavy atom. The van der Waals surface area contributed by atoms with Gasteiger partial charge in [-0.15, -0.1) is 5.10 Å².